The zero-order valence-corrected chi connectivity index (χ0v) is 21.9. The topological polar surface area (TPSA) is 103 Å². The van der Waals surface area contributed by atoms with Gasteiger partial charge >= 0.3 is 0 Å². The van der Waals surface area contributed by atoms with Gasteiger partial charge in [-0.2, -0.15) is 5.10 Å². The molecule has 2 heterocycles. The number of hydrogen-bond acceptors (Lipinski definition) is 5. The number of halogens is 1. The SMILES string of the molecule is CCNC(=NCc1ccc(S(=O)(=O)N(C)C)cc1)N1CCN(c2cnn(C)c2)C(=O)C1.I. The second-order valence-electron chi connectivity index (χ2n) is 7.44. The van der Waals surface area contributed by atoms with E-state index in [4.69, 9.17) is 0 Å². The van der Waals surface area contributed by atoms with Gasteiger partial charge in [0.25, 0.3) is 0 Å². The van der Waals surface area contributed by atoms with Gasteiger partial charge in [0.05, 0.1) is 23.3 Å². The van der Waals surface area contributed by atoms with Crippen molar-refractivity contribution in [1.82, 2.24) is 24.3 Å². The molecule has 0 atom stereocenters. The first-order valence-electron chi connectivity index (χ1n) is 10.1. The van der Waals surface area contributed by atoms with Crippen LogP contribution in [0.5, 0.6) is 0 Å². The summed E-state index contributed by atoms with van der Waals surface area (Å²) >= 11 is 0. The van der Waals surface area contributed by atoms with E-state index in [0.29, 0.717) is 32.1 Å². The van der Waals surface area contributed by atoms with Gasteiger partial charge in [0.15, 0.2) is 5.96 Å². The molecule has 1 N–H and O–H groups in total. The second-order valence-corrected chi connectivity index (χ2v) is 9.59. The average Bonchev–Trinajstić information content (AvgIpc) is 3.17. The highest BCUT2D eigenvalue weighted by molar-refractivity contribution is 14.0. The van der Waals surface area contributed by atoms with E-state index in [9.17, 15) is 13.2 Å². The minimum absolute atomic E-state index is 0. The predicted octanol–water partition coefficient (Wildman–Crippen LogP) is 1.10. The Morgan fingerprint density at radius 1 is 1.22 bits per heavy atom. The third kappa shape index (κ3) is 5.98. The summed E-state index contributed by atoms with van der Waals surface area (Å²) in [6, 6.07) is 6.69. The van der Waals surface area contributed by atoms with Crippen molar-refractivity contribution in [3.63, 3.8) is 0 Å². The van der Waals surface area contributed by atoms with Crippen molar-refractivity contribution in [2.45, 2.75) is 18.4 Å². The molecule has 1 aromatic heterocycles. The predicted molar refractivity (Wildman–Crippen MR) is 135 cm³/mol. The Balaban J connectivity index is 0.00000363. The first kappa shape index (κ1) is 26.1. The molecule has 1 fully saturated rings. The summed E-state index contributed by atoms with van der Waals surface area (Å²) < 4.78 is 27.3. The van der Waals surface area contributed by atoms with Crippen LogP contribution in [0, 0.1) is 0 Å². The van der Waals surface area contributed by atoms with Crippen LogP contribution in [0.2, 0.25) is 0 Å². The van der Waals surface area contributed by atoms with Gasteiger partial charge in [-0.3, -0.25) is 9.48 Å². The summed E-state index contributed by atoms with van der Waals surface area (Å²) in [6.45, 7) is 4.45. The molecule has 0 aliphatic carbocycles. The quantitative estimate of drug-likeness (QED) is 0.315. The van der Waals surface area contributed by atoms with Gasteiger partial charge in [0.1, 0.15) is 6.54 Å². The number of carbonyl (C=O) groups is 1. The summed E-state index contributed by atoms with van der Waals surface area (Å²) in [5, 5.41) is 7.38. The van der Waals surface area contributed by atoms with Gasteiger partial charge in [-0.1, -0.05) is 12.1 Å². The molecule has 0 spiro atoms. The molecule has 3 rings (SSSR count). The maximum Gasteiger partial charge on any atom is 0.246 e. The number of guanidine groups is 1. The number of rotatable bonds is 6. The van der Waals surface area contributed by atoms with Gasteiger partial charge in [0, 0.05) is 47.0 Å². The van der Waals surface area contributed by atoms with Crippen LogP contribution in [0.4, 0.5) is 5.69 Å². The molecular weight excluding hydrogens is 545 g/mol. The minimum atomic E-state index is -3.45. The lowest BCUT2D eigenvalue weighted by molar-refractivity contribution is -0.120. The summed E-state index contributed by atoms with van der Waals surface area (Å²) in [5.74, 6) is 0.648. The molecule has 32 heavy (non-hydrogen) atoms. The lowest BCUT2D eigenvalue weighted by Gasteiger charge is -2.35. The lowest BCUT2D eigenvalue weighted by atomic mass is 10.2. The van der Waals surface area contributed by atoms with E-state index in [1.54, 1.807) is 40.0 Å². The Bertz CT molecular complexity index is 1050. The Kier molecular flexibility index (Phi) is 9.04. The van der Waals surface area contributed by atoms with Crippen LogP contribution in [-0.2, 0) is 28.4 Å². The number of carbonyl (C=O) groups excluding carboxylic acids is 1. The number of nitrogens with one attached hydrogen (secondary N) is 1. The zero-order chi connectivity index (χ0) is 22.6. The van der Waals surface area contributed by atoms with E-state index in [1.807, 2.05) is 25.1 Å². The Morgan fingerprint density at radius 3 is 2.44 bits per heavy atom. The van der Waals surface area contributed by atoms with Crippen LogP contribution >= 0.6 is 24.0 Å². The van der Waals surface area contributed by atoms with Crippen molar-refractivity contribution in [2.24, 2.45) is 12.0 Å². The van der Waals surface area contributed by atoms with Crippen LogP contribution in [0.15, 0.2) is 46.5 Å². The third-order valence-electron chi connectivity index (χ3n) is 4.97. The number of aromatic nitrogens is 2. The molecule has 2 aromatic rings. The molecule has 10 nitrogen and oxygen atoms in total. The van der Waals surface area contributed by atoms with Gasteiger partial charge < -0.3 is 15.1 Å². The molecule has 12 heteroatoms. The summed E-state index contributed by atoms with van der Waals surface area (Å²) in [7, 11) is 1.38. The van der Waals surface area contributed by atoms with Crippen molar-refractivity contribution in [2.75, 3.05) is 45.2 Å². The summed E-state index contributed by atoms with van der Waals surface area (Å²) in [6.07, 6.45) is 3.51. The number of amides is 1. The largest absolute Gasteiger partial charge is 0.356 e. The fourth-order valence-corrected chi connectivity index (χ4v) is 4.15. The number of nitrogens with zero attached hydrogens (tertiary/aromatic N) is 6. The first-order valence-corrected chi connectivity index (χ1v) is 11.5. The van der Waals surface area contributed by atoms with E-state index in [1.165, 1.54) is 18.4 Å². The molecule has 1 aromatic carbocycles. The highest BCUT2D eigenvalue weighted by Gasteiger charge is 2.27. The molecule has 0 unspecified atom stereocenters. The fourth-order valence-electron chi connectivity index (χ4n) is 3.24. The van der Waals surface area contributed by atoms with Gasteiger partial charge in [-0.05, 0) is 24.6 Å². The first-order chi connectivity index (χ1) is 14.7. The van der Waals surface area contributed by atoms with Crippen LogP contribution in [0.3, 0.4) is 0 Å². The molecule has 0 radical (unpaired) electrons. The number of aryl methyl sites for hydroxylation is 1. The van der Waals surface area contributed by atoms with E-state index in [-0.39, 0.29) is 41.3 Å². The molecule has 1 saturated heterocycles. The minimum Gasteiger partial charge on any atom is -0.356 e. The number of hydrogen-bond donors (Lipinski definition) is 1. The highest BCUT2D eigenvalue weighted by atomic mass is 127. The number of piperazine rings is 1. The van der Waals surface area contributed by atoms with Crippen LogP contribution in [0.1, 0.15) is 12.5 Å². The fraction of sp³-hybridized carbons (Fsp3) is 0.450. The van der Waals surface area contributed by atoms with Gasteiger partial charge in [-0.25, -0.2) is 17.7 Å². The van der Waals surface area contributed by atoms with Crippen molar-refractivity contribution in [3.05, 3.63) is 42.2 Å². The molecule has 0 bridgehead atoms. The summed E-state index contributed by atoms with van der Waals surface area (Å²) in [4.78, 5) is 21.3. The van der Waals surface area contributed by atoms with Gasteiger partial charge in [0.2, 0.25) is 15.9 Å². The van der Waals surface area contributed by atoms with Crippen molar-refractivity contribution in [1.29, 1.82) is 0 Å². The monoisotopic (exact) mass is 575 g/mol. The molecule has 0 saturated carbocycles. The lowest BCUT2D eigenvalue weighted by Crippen LogP contribution is -2.55. The van der Waals surface area contributed by atoms with E-state index >= 15 is 0 Å². The van der Waals surface area contributed by atoms with Crippen molar-refractivity contribution in [3.8, 4) is 0 Å². The summed E-state index contributed by atoms with van der Waals surface area (Å²) in [5.41, 5.74) is 1.68. The van der Waals surface area contributed by atoms with Gasteiger partial charge in [-0.15, -0.1) is 24.0 Å². The van der Waals surface area contributed by atoms with Crippen LogP contribution in [0.25, 0.3) is 0 Å². The highest BCUT2D eigenvalue weighted by Crippen LogP contribution is 2.17. The van der Waals surface area contributed by atoms with E-state index in [0.717, 1.165) is 11.3 Å². The number of sulfonamides is 1. The molecule has 176 valence electrons. The molecule has 1 aliphatic heterocycles. The molecule has 1 amide bonds. The maximum absolute atomic E-state index is 12.7. The standard InChI is InChI=1S/C20H29N7O3S.HI/c1-5-21-20(22-12-16-6-8-18(9-7-16)31(29,30)24(2)3)26-10-11-27(19(28)15-26)17-13-23-25(4)14-17;/h6-9,13-14H,5,10-12,15H2,1-4H3,(H,21,22);1H. The number of aliphatic imine (C=N–C) groups is 1. The van der Waals surface area contributed by atoms with Crippen molar-refractivity contribution < 1.29 is 13.2 Å². The molecular formula is C20H30IN7O3S. The second kappa shape index (κ2) is 11.1. The van der Waals surface area contributed by atoms with E-state index < -0.39 is 10.0 Å². The van der Waals surface area contributed by atoms with Crippen LogP contribution < -0.4 is 10.2 Å². The number of anilines is 1. The van der Waals surface area contributed by atoms with Crippen molar-refractivity contribution >= 4 is 51.6 Å². The molecule has 1 aliphatic rings. The van der Waals surface area contributed by atoms with Crippen LogP contribution in [-0.4, -0.2) is 79.5 Å². The maximum atomic E-state index is 12.7. The average molecular weight is 575 g/mol. The third-order valence-corrected chi connectivity index (χ3v) is 6.80. The normalized spacial score (nSPS) is 15.2. The smallest absolute Gasteiger partial charge is 0.246 e. The van der Waals surface area contributed by atoms with E-state index in [2.05, 4.69) is 15.4 Å². The number of benzene rings is 1. The Morgan fingerprint density at radius 2 is 1.91 bits per heavy atom. The Labute approximate surface area is 206 Å². The Hall–Kier alpha value is -2.19. The zero-order valence-electron chi connectivity index (χ0n) is 18.7.